The molecule has 1 heterocycles. The summed E-state index contributed by atoms with van der Waals surface area (Å²) in [6.45, 7) is 2.39. The van der Waals surface area contributed by atoms with Gasteiger partial charge in [0.1, 0.15) is 6.54 Å². The molecule has 0 bridgehead atoms. The van der Waals surface area contributed by atoms with Crippen molar-refractivity contribution in [3.05, 3.63) is 21.9 Å². The molecule has 0 saturated heterocycles. The standard InChI is InChI=1S/C12H16NOS/c1-10(14)12-8-7-11(15-12)6-5-9-13(2,3)4/h7-8H,9H2,1-4H3/q+1. The van der Waals surface area contributed by atoms with Gasteiger partial charge < -0.3 is 4.48 Å². The van der Waals surface area contributed by atoms with Crippen LogP contribution in [0.2, 0.25) is 0 Å². The molecule has 1 rings (SSSR count). The third-order valence-corrected chi connectivity index (χ3v) is 2.82. The quantitative estimate of drug-likeness (QED) is 0.425. The Morgan fingerprint density at radius 1 is 1.40 bits per heavy atom. The fourth-order valence-corrected chi connectivity index (χ4v) is 1.73. The van der Waals surface area contributed by atoms with Crippen molar-refractivity contribution in [3.8, 4) is 11.8 Å². The molecular formula is C12H16NOS+. The number of ketones is 1. The smallest absolute Gasteiger partial charge is 0.169 e. The van der Waals surface area contributed by atoms with Crippen LogP contribution >= 0.6 is 11.3 Å². The molecular weight excluding hydrogens is 206 g/mol. The number of hydrogen-bond donors (Lipinski definition) is 0. The van der Waals surface area contributed by atoms with Crippen molar-refractivity contribution in [2.75, 3.05) is 27.7 Å². The zero-order valence-electron chi connectivity index (χ0n) is 9.63. The van der Waals surface area contributed by atoms with Crippen molar-refractivity contribution in [1.29, 1.82) is 0 Å². The summed E-state index contributed by atoms with van der Waals surface area (Å²) in [5.41, 5.74) is 0. The van der Waals surface area contributed by atoms with Gasteiger partial charge in [-0.3, -0.25) is 4.79 Å². The number of rotatable bonds is 2. The van der Waals surface area contributed by atoms with Gasteiger partial charge in [-0.25, -0.2) is 0 Å². The van der Waals surface area contributed by atoms with Crippen molar-refractivity contribution in [2.24, 2.45) is 0 Å². The summed E-state index contributed by atoms with van der Waals surface area (Å²) < 4.78 is 0.831. The highest BCUT2D eigenvalue weighted by molar-refractivity contribution is 7.14. The molecule has 80 valence electrons. The Kier molecular flexibility index (Phi) is 3.67. The highest BCUT2D eigenvalue weighted by atomic mass is 32.1. The number of Topliss-reactive ketones (excluding diaryl/α,β-unsaturated/α-hetero) is 1. The normalized spacial score (nSPS) is 10.7. The zero-order chi connectivity index (χ0) is 11.5. The lowest BCUT2D eigenvalue weighted by Gasteiger charge is -2.19. The Bertz CT molecular complexity index is 415. The Hall–Kier alpha value is -1.11. The molecule has 2 nitrogen and oxygen atoms in total. The third-order valence-electron chi connectivity index (χ3n) is 1.72. The molecule has 0 fully saturated rings. The maximum Gasteiger partial charge on any atom is 0.169 e. The maximum atomic E-state index is 11.1. The minimum absolute atomic E-state index is 0.111. The second-order valence-electron chi connectivity index (χ2n) is 4.47. The molecule has 3 heteroatoms. The zero-order valence-corrected chi connectivity index (χ0v) is 10.4. The van der Waals surface area contributed by atoms with Gasteiger partial charge >= 0.3 is 0 Å². The van der Waals surface area contributed by atoms with Crippen LogP contribution in [-0.2, 0) is 0 Å². The summed E-state index contributed by atoms with van der Waals surface area (Å²) in [4.78, 5) is 12.8. The molecule has 0 aliphatic carbocycles. The van der Waals surface area contributed by atoms with Crippen molar-refractivity contribution in [3.63, 3.8) is 0 Å². The second-order valence-corrected chi connectivity index (χ2v) is 5.55. The highest BCUT2D eigenvalue weighted by Gasteiger charge is 2.03. The van der Waals surface area contributed by atoms with E-state index < -0.39 is 0 Å². The molecule has 15 heavy (non-hydrogen) atoms. The Morgan fingerprint density at radius 3 is 2.53 bits per heavy atom. The van der Waals surface area contributed by atoms with Crippen LogP contribution in [0.4, 0.5) is 0 Å². The van der Waals surface area contributed by atoms with Crippen LogP contribution in [0.3, 0.4) is 0 Å². The molecule has 0 atom stereocenters. The topological polar surface area (TPSA) is 17.1 Å². The molecule has 0 amide bonds. The van der Waals surface area contributed by atoms with Crippen LogP contribution in [0, 0.1) is 11.8 Å². The van der Waals surface area contributed by atoms with E-state index in [0.29, 0.717) is 0 Å². The van der Waals surface area contributed by atoms with E-state index in [4.69, 9.17) is 0 Å². The van der Waals surface area contributed by atoms with Gasteiger partial charge in [0.05, 0.1) is 30.9 Å². The van der Waals surface area contributed by atoms with Crippen molar-refractivity contribution >= 4 is 17.1 Å². The SMILES string of the molecule is CC(=O)c1ccc(C#CC[N+](C)(C)C)s1. The number of thiophene rings is 1. The lowest BCUT2D eigenvalue weighted by Crippen LogP contribution is -2.34. The second kappa shape index (κ2) is 4.61. The van der Waals surface area contributed by atoms with Crippen LogP contribution in [0.15, 0.2) is 12.1 Å². The third kappa shape index (κ3) is 4.28. The monoisotopic (exact) mass is 222 g/mol. The molecule has 0 aliphatic rings. The van der Waals surface area contributed by atoms with Crippen LogP contribution in [0.5, 0.6) is 0 Å². The average molecular weight is 222 g/mol. The molecule has 0 N–H and O–H groups in total. The van der Waals surface area contributed by atoms with Crippen LogP contribution in [0.25, 0.3) is 0 Å². The number of hydrogen-bond acceptors (Lipinski definition) is 2. The minimum atomic E-state index is 0.111. The Morgan fingerprint density at radius 2 is 2.07 bits per heavy atom. The summed E-state index contributed by atoms with van der Waals surface area (Å²) in [6.07, 6.45) is 0. The first-order valence-corrected chi connectivity index (χ1v) is 5.60. The average Bonchev–Trinajstić information content (AvgIpc) is 2.50. The van der Waals surface area contributed by atoms with Crippen LogP contribution in [0.1, 0.15) is 21.5 Å². The van der Waals surface area contributed by atoms with Gasteiger partial charge in [-0.1, -0.05) is 5.92 Å². The predicted molar refractivity (Wildman–Crippen MR) is 64.1 cm³/mol. The summed E-state index contributed by atoms with van der Waals surface area (Å²) in [5, 5.41) is 0. The van der Waals surface area contributed by atoms with E-state index in [1.165, 1.54) is 11.3 Å². The summed E-state index contributed by atoms with van der Waals surface area (Å²) in [7, 11) is 6.30. The first kappa shape index (κ1) is 12.0. The van der Waals surface area contributed by atoms with E-state index in [-0.39, 0.29) is 5.78 Å². The van der Waals surface area contributed by atoms with E-state index in [2.05, 4.69) is 33.0 Å². The molecule has 0 unspecified atom stereocenters. The van der Waals surface area contributed by atoms with Crippen molar-refractivity contribution < 1.29 is 9.28 Å². The molecule has 0 spiro atoms. The van der Waals surface area contributed by atoms with E-state index in [1.807, 2.05) is 12.1 Å². The Balaban J connectivity index is 2.69. The first-order valence-electron chi connectivity index (χ1n) is 4.78. The lowest BCUT2D eigenvalue weighted by molar-refractivity contribution is -0.862. The van der Waals surface area contributed by atoms with Crippen LogP contribution < -0.4 is 0 Å². The van der Waals surface area contributed by atoms with Gasteiger partial charge in [-0.05, 0) is 25.0 Å². The number of quaternary nitrogens is 1. The van der Waals surface area contributed by atoms with Gasteiger partial charge in [0, 0.05) is 0 Å². The highest BCUT2D eigenvalue weighted by Crippen LogP contribution is 2.15. The molecule has 0 radical (unpaired) electrons. The van der Waals surface area contributed by atoms with Crippen molar-refractivity contribution in [1.82, 2.24) is 0 Å². The fourth-order valence-electron chi connectivity index (χ4n) is 0.958. The van der Waals surface area contributed by atoms with E-state index in [1.54, 1.807) is 6.92 Å². The first-order chi connectivity index (χ1) is 6.88. The van der Waals surface area contributed by atoms with E-state index in [9.17, 15) is 4.79 Å². The fraction of sp³-hybridized carbons (Fsp3) is 0.417. The Labute approximate surface area is 95.1 Å². The molecule has 1 aromatic heterocycles. The summed E-state index contributed by atoms with van der Waals surface area (Å²) in [6, 6.07) is 3.74. The summed E-state index contributed by atoms with van der Waals surface area (Å²) in [5.74, 6) is 6.30. The van der Waals surface area contributed by atoms with E-state index in [0.717, 1.165) is 20.8 Å². The molecule has 0 aromatic carbocycles. The lowest BCUT2D eigenvalue weighted by atomic mass is 10.3. The largest absolute Gasteiger partial charge is 0.321 e. The molecule has 0 saturated carbocycles. The van der Waals surface area contributed by atoms with Crippen LogP contribution in [-0.4, -0.2) is 38.0 Å². The number of carbonyl (C=O) groups excluding carboxylic acids is 1. The van der Waals surface area contributed by atoms with Gasteiger partial charge in [0.15, 0.2) is 5.78 Å². The van der Waals surface area contributed by atoms with Gasteiger partial charge in [0.2, 0.25) is 0 Å². The van der Waals surface area contributed by atoms with E-state index >= 15 is 0 Å². The van der Waals surface area contributed by atoms with Gasteiger partial charge in [-0.15, -0.1) is 11.3 Å². The minimum Gasteiger partial charge on any atom is -0.321 e. The van der Waals surface area contributed by atoms with Gasteiger partial charge in [-0.2, -0.15) is 0 Å². The molecule has 0 aliphatic heterocycles. The van der Waals surface area contributed by atoms with Gasteiger partial charge in [0.25, 0.3) is 0 Å². The number of carbonyl (C=O) groups is 1. The maximum absolute atomic E-state index is 11.1. The number of nitrogens with zero attached hydrogens (tertiary/aromatic N) is 1. The summed E-state index contributed by atoms with van der Waals surface area (Å²) >= 11 is 1.46. The molecule has 1 aromatic rings. The van der Waals surface area contributed by atoms with Crippen molar-refractivity contribution in [2.45, 2.75) is 6.92 Å². The predicted octanol–water partition coefficient (Wildman–Crippen LogP) is 2.01.